The highest BCUT2D eigenvalue weighted by Crippen LogP contribution is 2.38. The third kappa shape index (κ3) is 2.42. The van der Waals surface area contributed by atoms with Crippen LogP contribution in [0.5, 0.6) is 0 Å². The standard InChI is InChI=1S/C15H20N4O4/c1-17-10-16-13-12(17)9-18(14(20)19(13)21)8-11-2-4-15(5-3-11)22-6-7-23-15/h9-11H,2-8H2,1H3. The fraction of sp³-hybridized carbons (Fsp3) is 0.667. The van der Waals surface area contributed by atoms with Gasteiger partial charge < -0.3 is 19.2 Å². The van der Waals surface area contributed by atoms with Crippen LogP contribution in [-0.4, -0.2) is 33.1 Å². The minimum absolute atomic E-state index is 0.170. The summed E-state index contributed by atoms with van der Waals surface area (Å²) in [5.41, 5.74) is 0.267. The molecule has 1 aliphatic heterocycles. The van der Waals surface area contributed by atoms with Gasteiger partial charge in [0.15, 0.2) is 17.6 Å². The fourth-order valence-electron chi connectivity index (χ4n) is 3.64. The Balaban J connectivity index is 1.55. The molecule has 1 saturated carbocycles. The highest BCUT2D eigenvalue weighted by atomic mass is 16.7. The van der Waals surface area contributed by atoms with Gasteiger partial charge in [-0.05, 0) is 18.8 Å². The Labute approximate surface area is 132 Å². The number of ether oxygens (including phenoxy) is 2. The number of hydrogen-bond donors (Lipinski definition) is 0. The Morgan fingerprint density at radius 2 is 2.09 bits per heavy atom. The van der Waals surface area contributed by atoms with E-state index in [1.54, 1.807) is 17.1 Å². The van der Waals surface area contributed by atoms with Gasteiger partial charge in [-0.3, -0.25) is 0 Å². The molecule has 124 valence electrons. The van der Waals surface area contributed by atoms with Gasteiger partial charge in [0.25, 0.3) is 5.65 Å². The van der Waals surface area contributed by atoms with Gasteiger partial charge in [-0.25, -0.2) is 14.1 Å². The predicted octanol–water partition coefficient (Wildman–Crippen LogP) is 0.302. The average molecular weight is 320 g/mol. The Morgan fingerprint density at radius 3 is 2.78 bits per heavy atom. The van der Waals surface area contributed by atoms with Gasteiger partial charge in [-0.1, -0.05) is 4.98 Å². The van der Waals surface area contributed by atoms with Crippen molar-refractivity contribution in [1.29, 1.82) is 0 Å². The van der Waals surface area contributed by atoms with Crippen molar-refractivity contribution in [2.45, 2.75) is 38.0 Å². The first-order valence-corrected chi connectivity index (χ1v) is 8.00. The maximum Gasteiger partial charge on any atom is 0.443 e. The van der Waals surface area contributed by atoms with E-state index in [2.05, 4.69) is 4.98 Å². The summed E-state index contributed by atoms with van der Waals surface area (Å²) >= 11 is 0. The van der Waals surface area contributed by atoms with Crippen LogP contribution in [0.1, 0.15) is 25.7 Å². The predicted molar refractivity (Wildman–Crippen MR) is 80.5 cm³/mol. The number of nitrogens with zero attached hydrogens (tertiary/aromatic N) is 4. The van der Waals surface area contributed by atoms with E-state index >= 15 is 0 Å². The summed E-state index contributed by atoms with van der Waals surface area (Å²) in [5.74, 6) is -0.0527. The lowest BCUT2D eigenvalue weighted by atomic mass is 9.85. The molecule has 0 unspecified atom stereocenters. The van der Waals surface area contributed by atoms with Gasteiger partial charge >= 0.3 is 5.69 Å². The molecule has 0 bridgehead atoms. The van der Waals surface area contributed by atoms with E-state index in [1.165, 1.54) is 4.57 Å². The van der Waals surface area contributed by atoms with E-state index in [1.807, 2.05) is 7.05 Å². The minimum atomic E-state index is -0.565. The van der Waals surface area contributed by atoms with Crippen molar-refractivity contribution in [3.8, 4) is 0 Å². The molecule has 2 aromatic rings. The molecule has 2 aliphatic rings. The Hall–Kier alpha value is -1.93. The fourth-order valence-corrected chi connectivity index (χ4v) is 3.64. The van der Waals surface area contributed by atoms with Crippen molar-refractivity contribution in [1.82, 2.24) is 14.1 Å². The summed E-state index contributed by atoms with van der Waals surface area (Å²) < 4.78 is 15.1. The Kier molecular flexibility index (Phi) is 3.38. The number of imidazole rings is 1. The van der Waals surface area contributed by atoms with E-state index < -0.39 is 11.5 Å². The van der Waals surface area contributed by atoms with E-state index in [4.69, 9.17) is 9.47 Å². The van der Waals surface area contributed by atoms with Crippen LogP contribution in [0.3, 0.4) is 0 Å². The molecule has 3 heterocycles. The van der Waals surface area contributed by atoms with E-state index in [-0.39, 0.29) is 5.65 Å². The van der Waals surface area contributed by atoms with Crippen LogP contribution in [0.15, 0.2) is 17.3 Å². The average Bonchev–Trinajstić information content (AvgIpc) is 3.15. The van der Waals surface area contributed by atoms with Crippen LogP contribution in [-0.2, 0) is 23.1 Å². The van der Waals surface area contributed by atoms with Gasteiger partial charge in [0.2, 0.25) is 0 Å². The molecular formula is C15H20N4O4. The lowest BCUT2D eigenvalue weighted by Gasteiger charge is -2.35. The number of aromatic nitrogens is 4. The molecule has 0 radical (unpaired) electrons. The zero-order chi connectivity index (χ0) is 16.0. The summed E-state index contributed by atoms with van der Waals surface area (Å²) in [5, 5.41) is 12.1. The molecule has 1 spiro atoms. The van der Waals surface area contributed by atoms with Crippen molar-refractivity contribution >= 4 is 11.2 Å². The second kappa shape index (κ2) is 5.31. The van der Waals surface area contributed by atoms with Crippen LogP contribution in [0.4, 0.5) is 0 Å². The second-order valence-electron chi connectivity index (χ2n) is 6.47. The SMILES string of the molecule is Cn1cnc2c1cn(CC1CCC3(CC1)OCCO3)c(=O)[n+]2[O-]. The number of aryl methyl sites for hydroxylation is 1. The minimum Gasteiger partial charge on any atom is -0.737 e. The normalized spacial score (nSPS) is 21.4. The summed E-state index contributed by atoms with van der Waals surface area (Å²) in [4.78, 5) is 16.2. The maximum absolute atomic E-state index is 12.2. The third-order valence-corrected chi connectivity index (χ3v) is 4.99. The lowest BCUT2D eigenvalue weighted by molar-refractivity contribution is -0.601. The Morgan fingerprint density at radius 1 is 1.39 bits per heavy atom. The zero-order valence-electron chi connectivity index (χ0n) is 13.1. The van der Waals surface area contributed by atoms with Crippen molar-refractivity contribution in [2.24, 2.45) is 13.0 Å². The van der Waals surface area contributed by atoms with Crippen LogP contribution < -0.4 is 10.4 Å². The first-order chi connectivity index (χ1) is 11.1. The lowest BCUT2D eigenvalue weighted by Crippen LogP contribution is -2.51. The van der Waals surface area contributed by atoms with Gasteiger partial charge in [-0.2, -0.15) is 0 Å². The molecule has 0 N–H and O–H groups in total. The van der Waals surface area contributed by atoms with Crippen LogP contribution in [0.25, 0.3) is 11.2 Å². The molecule has 2 aromatic heterocycles. The van der Waals surface area contributed by atoms with E-state index in [0.717, 1.165) is 25.7 Å². The van der Waals surface area contributed by atoms with Gasteiger partial charge in [-0.15, -0.1) is 0 Å². The molecule has 1 saturated heterocycles. The number of rotatable bonds is 2. The summed E-state index contributed by atoms with van der Waals surface area (Å²) in [6.07, 6.45) is 6.81. The van der Waals surface area contributed by atoms with Crippen molar-refractivity contribution < 1.29 is 14.2 Å². The van der Waals surface area contributed by atoms with Crippen LogP contribution in [0.2, 0.25) is 0 Å². The van der Waals surface area contributed by atoms with Crippen LogP contribution >= 0.6 is 0 Å². The molecule has 4 rings (SSSR count). The van der Waals surface area contributed by atoms with Gasteiger partial charge in [0.05, 0.1) is 26.0 Å². The van der Waals surface area contributed by atoms with E-state index in [9.17, 15) is 10.0 Å². The first-order valence-electron chi connectivity index (χ1n) is 8.00. The quantitative estimate of drug-likeness (QED) is 0.587. The van der Waals surface area contributed by atoms with Crippen LogP contribution in [0, 0.1) is 11.1 Å². The van der Waals surface area contributed by atoms with Crippen molar-refractivity contribution in [2.75, 3.05) is 13.2 Å². The van der Waals surface area contributed by atoms with Gasteiger partial charge in [0, 0.05) is 19.9 Å². The van der Waals surface area contributed by atoms with Crippen molar-refractivity contribution in [3.63, 3.8) is 0 Å². The summed E-state index contributed by atoms with van der Waals surface area (Å²) in [6, 6.07) is 0. The Bertz CT molecular complexity index is 781. The summed E-state index contributed by atoms with van der Waals surface area (Å²) in [7, 11) is 1.81. The highest BCUT2D eigenvalue weighted by Gasteiger charge is 2.40. The third-order valence-electron chi connectivity index (χ3n) is 4.99. The largest absolute Gasteiger partial charge is 0.737 e. The first kappa shape index (κ1) is 14.6. The molecule has 8 nitrogen and oxygen atoms in total. The number of hydrogen-bond acceptors (Lipinski definition) is 5. The second-order valence-corrected chi connectivity index (χ2v) is 6.47. The molecule has 2 fully saturated rings. The van der Waals surface area contributed by atoms with E-state index in [0.29, 0.717) is 35.9 Å². The smallest absolute Gasteiger partial charge is 0.443 e. The monoisotopic (exact) mass is 320 g/mol. The highest BCUT2D eigenvalue weighted by molar-refractivity contribution is 5.65. The molecule has 0 amide bonds. The molecule has 8 heteroatoms. The number of fused-ring (bicyclic) bond motifs is 1. The maximum atomic E-state index is 12.2. The summed E-state index contributed by atoms with van der Waals surface area (Å²) in [6.45, 7) is 1.87. The van der Waals surface area contributed by atoms with Gasteiger partial charge in [0.1, 0.15) is 0 Å². The molecular weight excluding hydrogens is 300 g/mol. The molecule has 1 aliphatic carbocycles. The topological polar surface area (TPSA) is 85.2 Å². The van der Waals surface area contributed by atoms with Crippen molar-refractivity contribution in [3.05, 3.63) is 28.2 Å². The molecule has 23 heavy (non-hydrogen) atoms. The molecule has 0 atom stereocenters. The molecule has 0 aromatic carbocycles. The zero-order valence-corrected chi connectivity index (χ0v) is 13.1.